The molecule has 0 rings (SSSR count). The number of rotatable bonds is 46. The number of hydrogen-bond acceptors (Lipinski definition) is 5. The Bertz CT molecular complexity index is 946. The van der Waals surface area contributed by atoms with Crippen LogP contribution in [0.2, 0.25) is 0 Å². The number of unbranched alkanes of at least 4 members (excludes halogenated alkanes) is 31. The number of esters is 1. The van der Waals surface area contributed by atoms with Crippen molar-refractivity contribution in [1.82, 2.24) is 5.32 Å². The zero-order chi connectivity index (χ0) is 42.3. The number of carbonyl (C=O) groups is 2. The van der Waals surface area contributed by atoms with E-state index in [1.165, 1.54) is 148 Å². The molecule has 1 amide bonds. The van der Waals surface area contributed by atoms with Crippen molar-refractivity contribution in [2.75, 3.05) is 13.2 Å². The van der Waals surface area contributed by atoms with E-state index in [0.29, 0.717) is 19.4 Å². The van der Waals surface area contributed by atoms with E-state index in [1.807, 2.05) is 6.08 Å². The Morgan fingerprint density at radius 3 is 1.22 bits per heavy atom. The molecule has 0 aliphatic heterocycles. The van der Waals surface area contributed by atoms with Crippen LogP contribution < -0.4 is 5.32 Å². The number of hydrogen-bond donors (Lipinski definition) is 3. The topological polar surface area (TPSA) is 95.9 Å². The summed E-state index contributed by atoms with van der Waals surface area (Å²) in [6.45, 7) is 4.81. The summed E-state index contributed by atoms with van der Waals surface area (Å²) >= 11 is 0. The fraction of sp³-hybridized carbons (Fsp3) is 0.846. The first-order chi connectivity index (χ1) is 28.5. The number of allylic oxidation sites excluding steroid dienone is 5. The molecule has 340 valence electrons. The Morgan fingerprint density at radius 2 is 0.810 bits per heavy atom. The first-order valence-electron chi connectivity index (χ1n) is 25.3. The van der Waals surface area contributed by atoms with Crippen LogP contribution in [0.15, 0.2) is 36.5 Å². The fourth-order valence-electron chi connectivity index (χ4n) is 7.44. The molecular weight excluding hydrogens is 719 g/mol. The average molecular weight is 816 g/mol. The van der Waals surface area contributed by atoms with Crippen molar-refractivity contribution < 1.29 is 24.5 Å². The van der Waals surface area contributed by atoms with Crippen LogP contribution in [0, 0.1) is 0 Å². The van der Waals surface area contributed by atoms with Crippen LogP contribution >= 0.6 is 0 Å². The third-order valence-electron chi connectivity index (χ3n) is 11.4. The summed E-state index contributed by atoms with van der Waals surface area (Å²) in [5.41, 5.74) is 0. The molecule has 0 aromatic rings. The van der Waals surface area contributed by atoms with Crippen molar-refractivity contribution in [2.45, 2.75) is 270 Å². The van der Waals surface area contributed by atoms with E-state index in [2.05, 4.69) is 43.5 Å². The van der Waals surface area contributed by atoms with Crippen LogP contribution in [-0.2, 0) is 14.3 Å². The molecule has 3 N–H and O–H groups in total. The lowest BCUT2D eigenvalue weighted by Crippen LogP contribution is -2.45. The van der Waals surface area contributed by atoms with Crippen molar-refractivity contribution in [3.8, 4) is 0 Å². The minimum absolute atomic E-state index is 0.0411. The largest absolute Gasteiger partial charge is 0.466 e. The minimum Gasteiger partial charge on any atom is -0.466 e. The molecule has 0 aliphatic carbocycles. The van der Waals surface area contributed by atoms with E-state index in [0.717, 1.165) is 83.5 Å². The van der Waals surface area contributed by atoms with E-state index in [4.69, 9.17) is 4.74 Å². The van der Waals surface area contributed by atoms with Gasteiger partial charge in [-0.25, -0.2) is 0 Å². The molecule has 0 heterocycles. The van der Waals surface area contributed by atoms with Crippen molar-refractivity contribution in [3.63, 3.8) is 0 Å². The number of aliphatic hydroxyl groups excluding tert-OH is 2. The molecule has 0 saturated heterocycles. The molecule has 0 spiro atoms. The molecule has 6 nitrogen and oxygen atoms in total. The van der Waals surface area contributed by atoms with Crippen molar-refractivity contribution in [1.29, 1.82) is 0 Å². The van der Waals surface area contributed by atoms with E-state index in [9.17, 15) is 19.8 Å². The summed E-state index contributed by atoms with van der Waals surface area (Å²) in [6, 6.07) is -0.649. The van der Waals surface area contributed by atoms with Crippen molar-refractivity contribution in [3.05, 3.63) is 36.5 Å². The minimum atomic E-state index is -0.862. The quantitative estimate of drug-likeness (QED) is 0.0323. The summed E-state index contributed by atoms with van der Waals surface area (Å²) in [5.74, 6) is -0.139. The lowest BCUT2D eigenvalue weighted by molar-refractivity contribution is -0.143. The number of amides is 1. The Hall–Kier alpha value is -1.92. The highest BCUT2D eigenvalue weighted by molar-refractivity contribution is 5.76. The Kier molecular flexibility index (Phi) is 46.2. The first kappa shape index (κ1) is 56.1. The van der Waals surface area contributed by atoms with E-state index in [-0.39, 0.29) is 18.5 Å². The van der Waals surface area contributed by atoms with Crippen LogP contribution in [0.4, 0.5) is 0 Å². The van der Waals surface area contributed by atoms with Gasteiger partial charge in [0.2, 0.25) is 5.91 Å². The number of carbonyl (C=O) groups excluding carboxylic acids is 2. The van der Waals surface area contributed by atoms with E-state index >= 15 is 0 Å². The lowest BCUT2D eigenvalue weighted by atomic mass is 10.0. The van der Waals surface area contributed by atoms with Gasteiger partial charge in [0, 0.05) is 12.8 Å². The fourth-order valence-corrected chi connectivity index (χ4v) is 7.44. The molecule has 2 atom stereocenters. The third-order valence-corrected chi connectivity index (χ3v) is 11.4. The third kappa shape index (κ3) is 43.7. The molecule has 58 heavy (non-hydrogen) atoms. The summed E-state index contributed by atoms with van der Waals surface area (Å²) in [5, 5.41) is 23.0. The highest BCUT2D eigenvalue weighted by Crippen LogP contribution is 2.14. The zero-order valence-corrected chi connectivity index (χ0v) is 38.5. The molecule has 0 bridgehead atoms. The zero-order valence-electron chi connectivity index (χ0n) is 38.5. The summed E-state index contributed by atoms with van der Waals surface area (Å²) in [4.78, 5) is 24.4. The Labute approximate surface area is 360 Å². The van der Waals surface area contributed by atoms with E-state index in [1.54, 1.807) is 6.08 Å². The average Bonchev–Trinajstić information content (AvgIpc) is 3.22. The van der Waals surface area contributed by atoms with Gasteiger partial charge in [0.15, 0.2) is 0 Å². The van der Waals surface area contributed by atoms with Gasteiger partial charge in [0.05, 0.1) is 25.4 Å². The Balaban J connectivity index is 3.56. The van der Waals surface area contributed by atoms with Gasteiger partial charge in [-0.2, -0.15) is 0 Å². The van der Waals surface area contributed by atoms with Gasteiger partial charge in [0.1, 0.15) is 0 Å². The molecule has 0 aliphatic rings. The normalized spacial score (nSPS) is 13.0. The van der Waals surface area contributed by atoms with Crippen LogP contribution in [0.5, 0.6) is 0 Å². The van der Waals surface area contributed by atoms with Gasteiger partial charge >= 0.3 is 5.97 Å². The van der Waals surface area contributed by atoms with Gasteiger partial charge in [-0.05, 0) is 83.5 Å². The summed E-state index contributed by atoms with van der Waals surface area (Å²) in [7, 11) is 0. The summed E-state index contributed by atoms with van der Waals surface area (Å²) < 4.78 is 5.43. The number of ether oxygens (including phenoxy) is 1. The second kappa shape index (κ2) is 47.8. The summed E-state index contributed by atoms with van der Waals surface area (Å²) in [6.07, 6.45) is 57.1. The lowest BCUT2D eigenvalue weighted by Gasteiger charge is -2.20. The molecule has 0 aromatic carbocycles. The van der Waals surface area contributed by atoms with Crippen LogP contribution in [-0.4, -0.2) is 47.4 Å². The molecule has 0 saturated carbocycles. The number of nitrogens with one attached hydrogen (secondary N) is 1. The second-order valence-corrected chi connectivity index (χ2v) is 17.1. The van der Waals surface area contributed by atoms with Gasteiger partial charge in [0.25, 0.3) is 0 Å². The molecule has 2 unspecified atom stereocenters. The van der Waals surface area contributed by atoms with Crippen LogP contribution in [0.3, 0.4) is 0 Å². The maximum absolute atomic E-state index is 12.4. The maximum atomic E-state index is 12.4. The molecule has 6 heteroatoms. The second-order valence-electron chi connectivity index (χ2n) is 17.1. The van der Waals surface area contributed by atoms with Crippen LogP contribution in [0.25, 0.3) is 0 Å². The SMILES string of the molecule is CCCCCCCCC/C=C\CCCCCCCC(=O)OCCCC/C=C\CCCCCCCC(=O)NC(CO)C(O)/C=C/CCCCCCCCCCCCCC. The van der Waals surface area contributed by atoms with Crippen molar-refractivity contribution in [2.24, 2.45) is 0 Å². The van der Waals surface area contributed by atoms with E-state index < -0.39 is 12.1 Å². The van der Waals surface area contributed by atoms with Gasteiger partial charge in [-0.1, -0.05) is 198 Å². The van der Waals surface area contributed by atoms with Gasteiger partial charge in [-0.3, -0.25) is 9.59 Å². The molecular formula is C52H97NO5. The maximum Gasteiger partial charge on any atom is 0.305 e. The smallest absolute Gasteiger partial charge is 0.305 e. The predicted molar refractivity (Wildman–Crippen MR) is 250 cm³/mol. The molecule has 0 radical (unpaired) electrons. The van der Waals surface area contributed by atoms with Crippen molar-refractivity contribution >= 4 is 11.9 Å². The Morgan fingerprint density at radius 1 is 0.466 bits per heavy atom. The monoisotopic (exact) mass is 816 g/mol. The van der Waals surface area contributed by atoms with Crippen LogP contribution in [0.1, 0.15) is 258 Å². The van der Waals surface area contributed by atoms with Gasteiger partial charge in [-0.15, -0.1) is 0 Å². The van der Waals surface area contributed by atoms with Gasteiger partial charge < -0.3 is 20.3 Å². The number of aliphatic hydroxyl groups is 2. The highest BCUT2D eigenvalue weighted by atomic mass is 16.5. The molecule has 0 aromatic heterocycles. The predicted octanol–water partition coefficient (Wildman–Crippen LogP) is 14.9. The first-order valence-corrected chi connectivity index (χ1v) is 25.3. The highest BCUT2D eigenvalue weighted by Gasteiger charge is 2.18. The molecule has 0 fully saturated rings. The standard InChI is InChI=1S/C52H97NO5/c1-3-5-7-9-11-13-15-17-19-20-22-26-30-34-38-42-46-52(57)58-47-43-39-35-31-27-23-25-29-33-37-41-45-51(56)53-49(48-54)50(55)44-40-36-32-28-24-21-18-16-14-12-10-8-6-4-2/h19-20,27,31,40,44,49-50,54-55H,3-18,21-26,28-30,32-39,41-43,45-48H2,1-2H3,(H,53,56)/b20-19-,31-27-,44-40+.